The van der Waals surface area contributed by atoms with E-state index in [2.05, 4.69) is 4.74 Å². The number of carbonyl (C=O) groups excluding carboxylic acids is 1. The van der Waals surface area contributed by atoms with Gasteiger partial charge in [0.15, 0.2) is 5.75 Å². The Morgan fingerprint density at radius 2 is 2.00 bits per heavy atom. The molecule has 6 nitrogen and oxygen atoms in total. The van der Waals surface area contributed by atoms with Gasteiger partial charge in [0.1, 0.15) is 0 Å². The van der Waals surface area contributed by atoms with Crippen molar-refractivity contribution in [2.75, 3.05) is 13.7 Å². The second-order valence-corrected chi connectivity index (χ2v) is 6.82. The average molecular weight is 422 g/mol. The molecule has 28 heavy (non-hydrogen) atoms. The molecular formula is C20H17Cl2NO5. The molecule has 0 amide bonds. The van der Waals surface area contributed by atoms with Gasteiger partial charge in [-0.2, -0.15) is 0 Å². The first-order chi connectivity index (χ1) is 13.4. The minimum Gasteiger partial charge on any atom is -0.437 e. The van der Waals surface area contributed by atoms with Gasteiger partial charge in [-0.15, -0.1) is 0 Å². The van der Waals surface area contributed by atoms with Gasteiger partial charge in [-0.1, -0.05) is 41.4 Å². The van der Waals surface area contributed by atoms with Crippen molar-refractivity contribution >= 4 is 40.3 Å². The highest BCUT2D eigenvalue weighted by atomic mass is 35.5. The number of methoxy groups -OCH3 is 1. The van der Waals surface area contributed by atoms with E-state index >= 15 is 0 Å². The van der Waals surface area contributed by atoms with Crippen LogP contribution < -0.4 is 10.2 Å². The number of halogens is 2. The van der Waals surface area contributed by atoms with Gasteiger partial charge in [0.25, 0.3) is 0 Å². The van der Waals surface area contributed by atoms with Crippen molar-refractivity contribution in [3.8, 4) is 5.75 Å². The summed E-state index contributed by atoms with van der Waals surface area (Å²) >= 11 is 12.3. The van der Waals surface area contributed by atoms with Gasteiger partial charge in [-0.3, -0.25) is 4.79 Å². The predicted molar refractivity (Wildman–Crippen MR) is 108 cm³/mol. The van der Waals surface area contributed by atoms with Crippen molar-refractivity contribution in [1.29, 1.82) is 0 Å². The van der Waals surface area contributed by atoms with Crippen LogP contribution in [0.15, 0.2) is 47.4 Å². The monoisotopic (exact) mass is 421 g/mol. The van der Waals surface area contributed by atoms with Gasteiger partial charge in [-0.05, 0) is 35.7 Å². The van der Waals surface area contributed by atoms with Crippen LogP contribution in [-0.4, -0.2) is 29.5 Å². The molecule has 3 aromatic rings. The van der Waals surface area contributed by atoms with Crippen molar-refractivity contribution in [3.63, 3.8) is 0 Å². The van der Waals surface area contributed by atoms with Crippen LogP contribution in [0.2, 0.25) is 10.0 Å². The summed E-state index contributed by atoms with van der Waals surface area (Å²) in [5.74, 6) is -0.175. The lowest BCUT2D eigenvalue weighted by atomic mass is 10.0. The highest BCUT2D eigenvalue weighted by Crippen LogP contribution is 2.28. The number of nitrogens with zero attached hydrogens (tertiary/aromatic N) is 1. The maximum absolute atomic E-state index is 12.8. The molecule has 1 N–H and O–H groups in total. The number of benzene rings is 2. The third-order valence-electron chi connectivity index (χ3n) is 4.24. The number of hydrogen-bond donors (Lipinski definition) is 1. The van der Waals surface area contributed by atoms with Gasteiger partial charge in [0.2, 0.25) is 5.43 Å². The molecule has 0 fully saturated rings. The van der Waals surface area contributed by atoms with Gasteiger partial charge >= 0.3 is 6.16 Å². The number of aliphatic hydroxyl groups is 1. The first-order valence-electron chi connectivity index (χ1n) is 8.40. The summed E-state index contributed by atoms with van der Waals surface area (Å²) in [6.45, 7) is 0.0866. The smallest absolute Gasteiger partial charge is 0.437 e. The molecule has 0 saturated heterocycles. The number of aromatic nitrogens is 1. The number of rotatable bonds is 5. The van der Waals surface area contributed by atoms with E-state index < -0.39 is 11.6 Å². The van der Waals surface area contributed by atoms with Gasteiger partial charge in [-0.25, -0.2) is 4.79 Å². The third-order valence-corrected chi connectivity index (χ3v) is 5.10. The maximum Gasteiger partial charge on any atom is 0.513 e. The molecule has 3 rings (SSSR count). The van der Waals surface area contributed by atoms with Crippen molar-refractivity contribution in [2.45, 2.75) is 13.0 Å². The van der Waals surface area contributed by atoms with E-state index in [4.69, 9.17) is 27.9 Å². The zero-order valence-corrected chi connectivity index (χ0v) is 16.5. The summed E-state index contributed by atoms with van der Waals surface area (Å²) in [4.78, 5) is 24.3. The number of aliphatic hydroxyl groups excluding tert-OH is 1. The Bertz CT molecular complexity index is 1090. The SMILES string of the molecule is COC(=O)Oc1cn(CCO)c2ccc(Cc3cccc(Cl)c3Cl)cc2c1=O. The number of fused-ring (bicyclic) bond motifs is 1. The Balaban J connectivity index is 2.10. The van der Waals surface area contributed by atoms with Crippen LogP contribution in [0.1, 0.15) is 11.1 Å². The Kier molecular flexibility index (Phi) is 6.24. The fourth-order valence-electron chi connectivity index (χ4n) is 2.93. The van der Waals surface area contributed by atoms with Gasteiger partial charge < -0.3 is 19.1 Å². The van der Waals surface area contributed by atoms with E-state index in [0.717, 1.165) is 18.2 Å². The highest BCUT2D eigenvalue weighted by molar-refractivity contribution is 6.42. The summed E-state index contributed by atoms with van der Waals surface area (Å²) in [5.41, 5.74) is 1.82. The minimum atomic E-state index is -0.992. The van der Waals surface area contributed by atoms with Crippen LogP contribution in [-0.2, 0) is 17.7 Å². The largest absolute Gasteiger partial charge is 0.513 e. The fraction of sp³-hybridized carbons (Fsp3) is 0.200. The maximum atomic E-state index is 12.8. The number of carbonyl (C=O) groups is 1. The number of ether oxygens (including phenoxy) is 2. The minimum absolute atomic E-state index is 0.143. The predicted octanol–water partition coefficient (Wildman–Crippen LogP) is 4.04. The van der Waals surface area contributed by atoms with Crippen molar-refractivity contribution < 1.29 is 19.4 Å². The topological polar surface area (TPSA) is 77.8 Å². The van der Waals surface area contributed by atoms with E-state index in [0.29, 0.717) is 27.4 Å². The molecule has 0 radical (unpaired) electrons. The second-order valence-electron chi connectivity index (χ2n) is 6.04. The Hall–Kier alpha value is -2.54. The van der Waals surface area contributed by atoms with Crippen LogP contribution in [0.4, 0.5) is 4.79 Å². The first-order valence-corrected chi connectivity index (χ1v) is 9.15. The molecule has 1 heterocycles. The molecule has 1 aromatic heterocycles. The third kappa shape index (κ3) is 4.14. The lowest BCUT2D eigenvalue weighted by Crippen LogP contribution is -2.18. The van der Waals surface area contributed by atoms with Crippen LogP contribution in [0.5, 0.6) is 5.75 Å². The lowest BCUT2D eigenvalue weighted by Gasteiger charge is -2.13. The molecule has 146 valence electrons. The average Bonchev–Trinajstić information content (AvgIpc) is 2.69. The van der Waals surface area contributed by atoms with Crippen molar-refractivity contribution in [2.24, 2.45) is 0 Å². The van der Waals surface area contributed by atoms with Crippen LogP contribution in [0.3, 0.4) is 0 Å². The van der Waals surface area contributed by atoms with Crippen LogP contribution in [0, 0.1) is 0 Å². The van der Waals surface area contributed by atoms with E-state index in [1.807, 2.05) is 12.1 Å². The Labute approximate surface area is 170 Å². The molecule has 0 atom stereocenters. The van der Waals surface area contributed by atoms with Crippen molar-refractivity contribution in [3.05, 3.63) is 74.0 Å². The van der Waals surface area contributed by atoms with Crippen LogP contribution in [0.25, 0.3) is 10.9 Å². The zero-order valence-electron chi connectivity index (χ0n) is 14.9. The first kappa shape index (κ1) is 20.2. The molecule has 0 aliphatic rings. The van der Waals surface area contributed by atoms with E-state index in [1.165, 1.54) is 6.20 Å². The zero-order chi connectivity index (χ0) is 20.3. The number of hydrogen-bond acceptors (Lipinski definition) is 5. The molecule has 0 spiro atoms. The van der Waals surface area contributed by atoms with Crippen LogP contribution >= 0.6 is 23.2 Å². The molecule has 2 aromatic carbocycles. The normalized spacial score (nSPS) is 10.9. The molecule has 0 aliphatic heterocycles. The standard InChI is InChI=1S/C20H17Cl2NO5/c1-27-20(26)28-17-11-23(7-8-24)16-6-5-12(10-14(16)19(17)25)9-13-3-2-4-15(21)18(13)22/h2-6,10-11,24H,7-9H2,1H3. The molecule has 0 aliphatic carbocycles. The Morgan fingerprint density at radius 1 is 1.21 bits per heavy atom. The molecule has 0 saturated carbocycles. The number of pyridine rings is 1. The summed E-state index contributed by atoms with van der Waals surface area (Å²) in [6, 6.07) is 10.7. The van der Waals surface area contributed by atoms with Crippen molar-refractivity contribution in [1.82, 2.24) is 4.57 Å². The van der Waals surface area contributed by atoms with E-state index in [-0.39, 0.29) is 18.9 Å². The molecule has 0 unspecified atom stereocenters. The molecular weight excluding hydrogens is 405 g/mol. The highest BCUT2D eigenvalue weighted by Gasteiger charge is 2.15. The lowest BCUT2D eigenvalue weighted by molar-refractivity contribution is 0.121. The van der Waals surface area contributed by atoms with Gasteiger partial charge in [0.05, 0.1) is 35.5 Å². The van der Waals surface area contributed by atoms with Gasteiger partial charge in [0, 0.05) is 11.9 Å². The molecule has 8 heteroatoms. The second kappa shape index (κ2) is 8.65. The Morgan fingerprint density at radius 3 is 2.71 bits per heavy atom. The summed E-state index contributed by atoms with van der Waals surface area (Å²) in [5, 5.41) is 10.6. The summed E-state index contributed by atoms with van der Waals surface area (Å²) < 4.78 is 11.1. The fourth-order valence-corrected chi connectivity index (χ4v) is 3.32. The van der Waals surface area contributed by atoms with E-state index in [9.17, 15) is 14.7 Å². The quantitative estimate of drug-likeness (QED) is 0.629. The summed E-state index contributed by atoms with van der Waals surface area (Å²) in [6.07, 6.45) is 0.858. The van der Waals surface area contributed by atoms with E-state index in [1.54, 1.807) is 28.8 Å². The molecule has 0 bridgehead atoms. The summed E-state index contributed by atoms with van der Waals surface area (Å²) in [7, 11) is 1.16.